The highest BCUT2D eigenvalue weighted by atomic mass is 32.3. The van der Waals surface area contributed by atoms with E-state index >= 15 is 0 Å². The Kier molecular flexibility index (Phi) is 8.78. The predicted molar refractivity (Wildman–Crippen MR) is 148 cm³/mol. The first-order chi connectivity index (χ1) is 20.2. The van der Waals surface area contributed by atoms with Crippen LogP contribution in [-0.4, -0.2) is 79.7 Å². The molecule has 0 fully saturated rings. The van der Waals surface area contributed by atoms with Crippen molar-refractivity contribution in [2.75, 3.05) is 23.0 Å². The van der Waals surface area contributed by atoms with Gasteiger partial charge in [0.05, 0.1) is 32.7 Å². The van der Waals surface area contributed by atoms with Crippen LogP contribution in [0.5, 0.6) is 5.75 Å². The zero-order valence-electron chi connectivity index (χ0n) is 21.3. The van der Waals surface area contributed by atoms with Crippen LogP contribution in [0.3, 0.4) is 0 Å². The van der Waals surface area contributed by atoms with Gasteiger partial charge in [0.2, 0.25) is 11.9 Å². The van der Waals surface area contributed by atoms with Crippen LogP contribution in [-0.2, 0) is 44.7 Å². The van der Waals surface area contributed by atoms with Gasteiger partial charge in [-0.3, -0.25) is 13.7 Å². The van der Waals surface area contributed by atoms with E-state index in [4.69, 9.17) is 4.55 Å². The summed E-state index contributed by atoms with van der Waals surface area (Å²) in [5, 5.41) is 14.9. The van der Waals surface area contributed by atoms with Crippen LogP contribution in [0, 0.1) is 6.08 Å². The summed E-state index contributed by atoms with van der Waals surface area (Å²) in [7, 11) is -18.8. The second-order valence-electron chi connectivity index (χ2n) is 8.56. The minimum Gasteiger partial charge on any atom is -0.507 e. The third-order valence-electron chi connectivity index (χ3n) is 5.46. The number of aromatic hydroxyl groups is 1. The largest absolute Gasteiger partial charge is 0.507 e. The van der Waals surface area contributed by atoms with Crippen molar-refractivity contribution in [3.8, 4) is 5.75 Å². The molecule has 6 N–H and O–H groups in total. The van der Waals surface area contributed by atoms with Gasteiger partial charge in [0.25, 0.3) is 20.2 Å². The van der Waals surface area contributed by atoms with Gasteiger partial charge in [-0.25, -0.2) is 12.6 Å². The number of hydrogen-bond acceptors (Lipinski definition) is 15. The van der Waals surface area contributed by atoms with E-state index in [2.05, 4.69) is 29.8 Å². The Morgan fingerprint density at radius 2 is 1.34 bits per heavy atom. The first-order valence-corrected chi connectivity index (χ1v) is 17.3. The normalized spacial score (nSPS) is 12.7. The number of aromatic nitrogens is 3. The lowest BCUT2D eigenvalue weighted by Gasteiger charge is -2.14. The average Bonchev–Trinajstić information content (AvgIpc) is 2.86. The van der Waals surface area contributed by atoms with Crippen LogP contribution in [0.1, 0.15) is 0 Å². The molecule has 3 aromatic carbocycles. The number of hydrogen-bond donors (Lipinski definition) is 6. The summed E-state index contributed by atoms with van der Waals surface area (Å²) in [6, 6.07) is 7.84. The number of phenolic OH excluding ortho intramolecular Hbond substituents is 1. The summed E-state index contributed by atoms with van der Waals surface area (Å²) in [5.41, 5.74) is -0.376. The van der Waals surface area contributed by atoms with E-state index in [-0.39, 0.29) is 27.0 Å². The number of halogens is 1. The van der Waals surface area contributed by atoms with Gasteiger partial charge in [-0.15, -0.1) is 0 Å². The maximum atomic E-state index is 14.4. The van der Waals surface area contributed by atoms with Crippen molar-refractivity contribution in [2.45, 2.75) is 14.7 Å². The molecule has 0 aliphatic rings. The van der Waals surface area contributed by atoms with Crippen LogP contribution in [0.15, 0.2) is 63.2 Å². The molecule has 0 saturated carbocycles. The highest BCUT2D eigenvalue weighted by Gasteiger charge is 2.21. The number of benzene rings is 3. The fourth-order valence-corrected chi connectivity index (χ4v) is 6.29. The summed E-state index contributed by atoms with van der Waals surface area (Å²) >= 11 is 0. The molecule has 236 valence electrons. The van der Waals surface area contributed by atoms with Crippen LogP contribution < -0.4 is 10.6 Å². The van der Waals surface area contributed by atoms with Gasteiger partial charge in [-0.05, 0) is 41.8 Å². The van der Waals surface area contributed by atoms with E-state index in [0.29, 0.717) is 6.07 Å². The molecular formula is C21H18FN5O13S4. The molecule has 0 bridgehead atoms. The molecule has 0 aliphatic heterocycles. The van der Waals surface area contributed by atoms with Crippen molar-refractivity contribution in [2.24, 2.45) is 0 Å². The molecule has 1 heterocycles. The monoisotopic (exact) mass is 695 g/mol. The lowest BCUT2D eigenvalue weighted by Crippen LogP contribution is -2.15. The number of fused-ring (bicyclic) bond motifs is 1. The minimum atomic E-state index is -4.93. The molecule has 18 nitrogen and oxygen atoms in total. The highest BCUT2D eigenvalue weighted by Crippen LogP contribution is 2.37. The SMILES string of the molecule is O=S(=O)(O)OCCS(=O)(=O)c1cccc(Nc2nc(F)nc(Nc3cc(S(=O)(=O)O)cc4cc(S(=O)(=O)O)cc(O)c34)n2)c1. The zero-order chi connectivity index (χ0) is 32.7. The van der Waals surface area contributed by atoms with Gasteiger partial charge in [0.1, 0.15) is 5.75 Å². The molecule has 0 saturated heterocycles. The molecule has 0 radical (unpaired) electrons. The molecule has 44 heavy (non-hydrogen) atoms. The van der Waals surface area contributed by atoms with Crippen molar-refractivity contribution < 1.29 is 61.0 Å². The third-order valence-corrected chi connectivity index (χ3v) is 9.26. The van der Waals surface area contributed by atoms with Gasteiger partial charge in [-0.1, -0.05) is 6.07 Å². The molecule has 0 spiro atoms. The predicted octanol–water partition coefficient (Wildman–Crippen LogP) is 1.44. The zero-order valence-corrected chi connectivity index (χ0v) is 24.6. The number of phenols is 1. The van der Waals surface area contributed by atoms with Crippen molar-refractivity contribution in [1.29, 1.82) is 0 Å². The maximum Gasteiger partial charge on any atom is 0.397 e. The number of anilines is 4. The van der Waals surface area contributed by atoms with Gasteiger partial charge in [0, 0.05) is 17.1 Å². The molecule has 1 aromatic heterocycles. The molecule has 0 atom stereocenters. The van der Waals surface area contributed by atoms with Crippen LogP contribution in [0.4, 0.5) is 27.7 Å². The molecular weight excluding hydrogens is 678 g/mol. The maximum absolute atomic E-state index is 14.4. The van der Waals surface area contributed by atoms with Crippen LogP contribution in [0.25, 0.3) is 10.8 Å². The Morgan fingerprint density at radius 1 is 0.750 bits per heavy atom. The Balaban J connectivity index is 1.70. The van der Waals surface area contributed by atoms with E-state index < -0.39 is 86.3 Å². The van der Waals surface area contributed by atoms with Gasteiger partial charge < -0.3 is 15.7 Å². The second-order valence-corrected chi connectivity index (χ2v) is 14.6. The number of sulfone groups is 1. The topological polar surface area (TPSA) is 289 Å². The molecule has 4 rings (SSSR count). The highest BCUT2D eigenvalue weighted by molar-refractivity contribution is 7.91. The van der Waals surface area contributed by atoms with Crippen LogP contribution in [0.2, 0.25) is 0 Å². The smallest absolute Gasteiger partial charge is 0.397 e. The van der Waals surface area contributed by atoms with Crippen molar-refractivity contribution >= 4 is 74.5 Å². The lowest BCUT2D eigenvalue weighted by molar-refractivity contribution is 0.284. The van der Waals surface area contributed by atoms with E-state index in [1.54, 1.807) is 0 Å². The summed E-state index contributed by atoms with van der Waals surface area (Å²) in [6.07, 6.45) is -1.40. The van der Waals surface area contributed by atoms with Crippen molar-refractivity contribution in [3.63, 3.8) is 0 Å². The fourth-order valence-electron chi connectivity index (χ4n) is 3.68. The van der Waals surface area contributed by atoms with Gasteiger partial charge in [0.15, 0.2) is 9.84 Å². The van der Waals surface area contributed by atoms with Gasteiger partial charge >= 0.3 is 16.5 Å². The van der Waals surface area contributed by atoms with E-state index in [0.717, 1.165) is 30.3 Å². The van der Waals surface area contributed by atoms with Crippen molar-refractivity contribution in [1.82, 2.24) is 15.0 Å². The van der Waals surface area contributed by atoms with Gasteiger partial charge in [-0.2, -0.15) is 44.6 Å². The van der Waals surface area contributed by atoms with Crippen molar-refractivity contribution in [3.05, 3.63) is 54.6 Å². The lowest BCUT2D eigenvalue weighted by atomic mass is 10.1. The Hall–Kier alpha value is -4.10. The molecule has 0 aliphatic carbocycles. The fraction of sp³-hybridized carbons (Fsp3) is 0.0952. The van der Waals surface area contributed by atoms with Crippen LogP contribution >= 0.6 is 0 Å². The summed E-state index contributed by atoms with van der Waals surface area (Å²) in [6.45, 7) is -0.882. The first kappa shape index (κ1) is 32.8. The molecule has 0 unspecified atom stereocenters. The Bertz CT molecular complexity index is 2230. The number of rotatable bonds is 11. The number of nitrogens with one attached hydrogen (secondary N) is 2. The molecule has 0 amide bonds. The molecule has 4 aromatic rings. The summed E-state index contributed by atoms with van der Waals surface area (Å²) < 4.78 is 139. The quantitative estimate of drug-likeness (QED) is 0.121. The first-order valence-electron chi connectivity index (χ1n) is 11.4. The molecule has 23 heteroatoms. The van der Waals surface area contributed by atoms with E-state index in [9.17, 15) is 52.3 Å². The summed E-state index contributed by atoms with van der Waals surface area (Å²) in [5.74, 6) is -2.75. The number of nitrogens with zero attached hydrogens (tertiary/aromatic N) is 3. The summed E-state index contributed by atoms with van der Waals surface area (Å²) in [4.78, 5) is 8.81. The average molecular weight is 696 g/mol. The Labute approximate surface area is 248 Å². The van der Waals surface area contributed by atoms with E-state index in [1.165, 1.54) is 12.1 Å². The standard InChI is InChI=1S/C21H18FN5O13S4/c22-19-25-20(23-12-2-1-3-13(8-12)41(29,30)5-4-40-44(37,38)39)27-21(26-19)24-16-9-14(42(31,32)33)6-11-7-15(43(34,35)36)10-17(28)18(11)16/h1-3,6-10,28H,4-5H2,(H,31,32,33)(H,34,35,36)(H,37,38,39)(H2,23,24,25,26,27). The minimum absolute atomic E-state index is 0.00692. The van der Waals surface area contributed by atoms with E-state index in [1.807, 2.05) is 0 Å². The third kappa shape index (κ3) is 8.08. The second kappa shape index (κ2) is 11.8. The Morgan fingerprint density at radius 3 is 1.93 bits per heavy atom.